The number of aryl methyl sites for hydroxylation is 2. The average molecular weight is 282 g/mol. The Hall–Kier alpha value is -2.31. The molecule has 0 aliphatic heterocycles. The highest BCUT2D eigenvalue weighted by atomic mass is 19.4. The fraction of sp³-hybridized carbons (Fsp3) is 0.231. The summed E-state index contributed by atoms with van der Waals surface area (Å²) in [5, 5.41) is 15.6. The van der Waals surface area contributed by atoms with Gasteiger partial charge in [-0.2, -0.15) is 13.2 Å². The summed E-state index contributed by atoms with van der Waals surface area (Å²) in [7, 11) is 0. The fourth-order valence-electron chi connectivity index (χ4n) is 2.25. The maximum Gasteiger partial charge on any atom is 0.420 e. The van der Waals surface area contributed by atoms with E-state index < -0.39 is 17.3 Å². The summed E-state index contributed by atoms with van der Waals surface area (Å²) in [5.41, 5.74) is 0.0846. The van der Waals surface area contributed by atoms with Gasteiger partial charge in [-0.3, -0.25) is 4.63 Å². The molecule has 0 amide bonds. The molecule has 7 heteroatoms. The topological polar surface area (TPSA) is 53.0 Å². The summed E-state index contributed by atoms with van der Waals surface area (Å²) in [5.74, 6) is 0. The largest absolute Gasteiger partial charge is 0.420 e. The van der Waals surface area contributed by atoms with Gasteiger partial charge in [-0.1, -0.05) is 6.07 Å². The minimum absolute atomic E-state index is 0.0156. The van der Waals surface area contributed by atoms with Crippen LogP contribution in [0, 0.1) is 19.1 Å². The lowest BCUT2D eigenvalue weighted by Gasteiger charge is -2.08. The quantitative estimate of drug-likeness (QED) is 0.595. The van der Waals surface area contributed by atoms with Gasteiger partial charge in [-0.15, -0.1) is 0 Å². The Bertz CT molecular complexity index is 837. The maximum absolute atomic E-state index is 13.0. The molecule has 3 rings (SSSR count). The molecule has 0 atom stereocenters. The highest BCUT2D eigenvalue weighted by Crippen LogP contribution is 2.37. The fourth-order valence-corrected chi connectivity index (χ4v) is 2.25. The van der Waals surface area contributed by atoms with Crippen LogP contribution in [0.1, 0.15) is 16.7 Å². The Morgan fingerprint density at radius 2 is 1.80 bits per heavy atom. The first-order chi connectivity index (χ1) is 9.29. The second-order valence-electron chi connectivity index (χ2n) is 4.71. The third-order valence-corrected chi connectivity index (χ3v) is 3.39. The first kappa shape index (κ1) is 12.7. The molecule has 2 aromatic carbocycles. The number of fused-ring (bicyclic) bond motifs is 3. The molecule has 1 aromatic heterocycles. The first-order valence-electron chi connectivity index (χ1n) is 5.79. The highest BCUT2D eigenvalue weighted by Gasteiger charge is 2.38. The molecule has 0 saturated heterocycles. The van der Waals surface area contributed by atoms with E-state index >= 15 is 0 Å². The Labute approximate surface area is 110 Å². The normalized spacial score (nSPS) is 12.4. The van der Waals surface area contributed by atoms with Gasteiger partial charge in [0, 0.05) is 10.5 Å². The molecular formula is C13H9F3N2O2. The van der Waals surface area contributed by atoms with E-state index in [1.165, 1.54) is 0 Å². The minimum atomic E-state index is -4.60. The number of aromatic nitrogens is 2. The maximum atomic E-state index is 13.0. The van der Waals surface area contributed by atoms with Crippen LogP contribution in [-0.4, -0.2) is 5.16 Å². The molecule has 0 fully saturated rings. The number of hydrogen-bond donors (Lipinski definition) is 0. The summed E-state index contributed by atoms with van der Waals surface area (Å²) in [6.45, 7) is 3.62. The van der Waals surface area contributed by atoms with E-state index in [1.807, 2.05) is 6.92 Å². The Morgan fingerprint density at radius 1 is 1.15 bits per heavy atom. The van der Waals surface area contributed by atoms with Crippen molar-refractivity contribution >= 4 is 21.8 Å². The molecule has 0 N–H and O–H groups in total. The summed E-state index contributed by atoms with van der Waals surface area (Å²) in [4.78, 5) is 0.0156. The smallest absolute Gasteiger partial charge is 0.359 e. The lowest BCUT2D eigenvalue weighted by atomic mass is 9.99. The van der Waals surface area contributed by atoms with Gasteiger partial charge in [0.15, 0.2) is 0 Å². The lowest BCUT2D eigenvalue weighted by Crippen LogP contribution is -2.23. The zero-order valence-corrected chi connectivity index (χ0v) is 10.6. The third-order valence-electron chi connectivity index (χ3n) is 3.39. The SMILES string of the molecule is Cc1cc2cc(C(F)(F)F)c3no[n+]([O-])c3c2cc1C. The van der Waals surface area contributed by atoms with Crippen molar-refractivity contribution in [1.82, 2.24) is 5.16 Å². The van der Waals surface area contributed by atoms with Crippen molar-refractivity contribution < 1.29 is 22.7 Å². The van der Waals surface area contributed by atoms with Gasteiger partial charge in [-0.05, 0) is 47.4 Å². The molecule has 0 bridgehead atoms. The monoisotopic (exact) mass is 282 g/mol. The summed E-state index contributed by atoms with van der Waals surface area (Å²) >= 11 is 0. The Balaban J connectivity index is 2.57. The van der Waals surface area contributed by atoms with E-state index in [4.69, 9.17) is 0 Å². The number of benzene rings is 2. The van der Waals surface area contributed by atoms with Crippen molar-refractivity contribution in [2.24, 2.45) is 0 Å². The molecule has 3 aromatic rings. The van der Waals surface area contributed by atoms with Crippen molar-refractivity contribution in [1.29, 1.82) is 0 Å². The van der Waals surface area contributed by atoms with Crippen LogP contribution in [0.15, 0.2) is 22.8 Å². The predicted molar refractivity (Wildman–Crippen MR) is 65.0 cm³/mol. The molecule has 0 spiro atoms. The van der Waals surface area contributed by atoms with Crippen LogP contribution < -0.4 is 4.90 Å². The molecular weight excluding hydrogens is 273 g/mol. The van der Waals surface area contributed by atoms with Crippen molar-refractivity contribution in [3.63, 3.8) is 0 Å². The van der Waals surface area contributed by atoms with Crippen LogP contribution in [0.25, 0.3) is 21.8 Å². The van der Waals surface area contributed by atoms with Gasteiger partial charge in [0.2, 0.25) is 5.52 Å². The summed E-state index contributed by atoms with van der Waals surface area (Å²) in [6.07, 6.45) is -4.60. The molecule has 20 heavy (non-hydrogen) atoms. The van der Waals surface area contributed by atoms with Gasteiger partial charge in [0.25, 0.3) is 5.52 Å². The molecule has 0 radical (unpaired) electrons. The van der Waals surface area contributed by atoms with E-state index in [9.17, 15) is 18.4 Å². The van der Waals surface area contributed by atoms with Gasteiger partial charge >= 0.3 is 6.18 Å². The van der Waals surface area contributed by atoms with E-state index in [2.05, 4.69) is 9.79 Å². The van der Waals surface area contributed by atoms with Gasteiger partial charge < -0.3 is 5.21 Å². The first-order valence-corrected chi connectivity index (χ1v) is 5.79. The van der Waals surface area contributed by atoms with Gasteiger partial charge in [0.05, 0.1) is 0 Å². The molecule has 0 saturated carbocycles. The van der Waals surface area contributed by atoms with Crippen LogP contribution in [0.5, 0.6) is 0 Å². The van der Waals surface area contributed by atoms with Crippen molar-refractivity contribution in [2.45, 2.75) is 20.0 Å². The predicted octanol–water partition coefficient (Wildman–Crippen LogP) is 3.25. The average Bonchev–Trinajstić information content (AvgIpc) is 2.71. The number of alkyl halides is 3. The summed E-state index contributed by atoms with van der Waals surface area (Å²) in [6, 6.07) is 4.28. The van der Waals surface area contributed by atoms with Crippen LogP contribution in [-0.2, 0) is 6.18 Å². The zero-order chi connectivity index (χ0) is 14.7. The van der Waals surface area contributed by atoms with Crippen LogP contribution in [0.4, 0.5) is 13.2 Å². The minimum Gasteiger partial charge on any atom is -0.359 e. The zero-order valence-electron chi connectivity index (χ0n) is 10.6. The van der Waals surface area contributed by atoms with Crippen LogP contribution >= 0.6 is 0 Å². The van der Waals surface area contributed by atoms with Gasteiger partial charge in [0.1, 0.15) is 5.56 Å². The molecule has 1 heterocycles. The van der Waals surface area contributed by atoms with Crippen molar-refractivity contribution in [2.75, 3.05) is 0 Å². The van der Waals surface area contributed by atoms with E-state index in [1.54, 1.807) is 19.1 Å². The van der Waals surface area contributed by atoms with Crippen LogP contribution in [0.2, 0.25) is 0 Å². The van der Waals surface area contributed by atoms with Crippen molar-refractivity contribution in [3.05, 3.63) is 40.1 Å². The number of hydrogen-bond acceptors (Lipinski definition) is 3. The molecule has 0 aliphatic rings. The Kier molecular flexibility index (Phi) is 2.44. The Morgan fingerprint density at radius 3 is 2.45 bits per heavy atom. The molecule has 0 unspecified atom stereocenters. The second kappa shape index (κ2) is 3.84. The standard InChI is InChI=1S/C13H9F3N2O2/c1-6-3-8-5-10(13(14,15)16)11-12(18(19)20-17-11)9(8)4-7(6)2/h3-5H,1-2H3. The number of halogens is 3. The number of nitrogens with zero attached hydrogens (tertiary/aromatic N) is 2. The highest BCUT2D eigenvalue weighted by molar-refractivity contribution is 6.04. The molecule has 0 aliphatic carbocycles. The van der Waals surface area contributed by atoms with E-state index in [0.29, 0.717) is 10.8 Å². The van der Waals surface area contributed by atoms with Crippen LogP contribution in [0.3, 0.4) is 0 Å². The number of rotatable bonds is 0. The van der Waals surface area contributed by atoms with E-state index in [0.717, 1.165) is 17.2 Å². The molecule has 104 valence electrons. The van der Waals surface area contributed by atoms with Crippen molar-refractivity contribution in [3.8, 4) is 0 Å². The van der Waals surface area contributed by atoms with Gasteiger partial charge in [-0.25, -0.2) is 0 Å². The third kappa shape index (κ3) is 1.70. The second-order valence-corrected chi connectivity index (χ2v) is 4.71. The summed E-state index contributed by atoms with van der Waals surface area (Å²) < 4.78 is 43.5. The van der Waals surface area contributed by atoms with E-state index in [-0.39, 0.29) is 10.4 Å². The lowest BCUT2D eigenvalue weighted by molar-refractivity contribution is -0.781. The molecule has 4 nitrogen and oxygen atoms in total.